The number of hydrogen-bond acceptors (Lipinski definition) is 8. The Hall–Kier alpha value is -5.13. The van der Waals surface area contributed by atoms with Crippen LogP contribution in [0.1, 0.15) is 37.6 Å². The number of carbonyl (C=O) groups excluding carboxylic acids is 2. The molecule has 2 N–H and O–H groups in total. The van der Waals surface area contributed by atoms with Gasteiger partial charge in [0.1, 0.15) is 43.0 Å². The van der Waals surface area contributed by atoms with Crippen LogP contribution in [0.15, 0.2) is 61.1 Å². The van der Waals surface area contributed by atoms with Gasteiger partial charge in [-0.05, 0) is 50.5 Å². The van der Waals surface area contributed by atoms with E-state index in [2.05, 4.69) is 20.4 Å². The second-order valence-corrected chi connectivity index (χ2v) is 10.9. The molecule has 5 aromatic rings. The van der Waals surface area contributed by atoms with Crippen LogP contribution in [0.3, 0.4) is 0 Å². The van der Waals surface area contributed by atoms with E-state index in [4.69, 9.17) is 18.9 Å². The number of halogens is 1. The first-order valence-corrected chi connectivity index (χ1v) is 14.2. The number of hydrogen-bond donors (Lipinski definition) is 2. The van der Waals surface area contributed by atoms with Crippen LogP contribution >= 0.6 is 0 Å². The summed E-state index contributed by atoms with van der Waals surface area (Å²) >= 11 is 0. The quantitative estimate of drug-likeness (QED) is 0.175. The fraction of sp³-hybridized carbons (Fsp3) is 0.312. The van der Waals surface area contributed by atoms with Gasteiger partial charge in [0.05, 0.1) is 6.20 Å². The number of esters is 1. The Morgan fingerprint density at radius 1 is 1.07 bits per heavy atom. The first-order valence-electron chi connectivity index (χ1n) is 14.2. The van der Waals surface area contributed by atoms with E-state index in [1.807, 2.05) is 37.3 Å². The van der Waals surface area contributed by atoms with Crippen LogP contribution in [0.2, 0.25) is 0 Å². The molecule has 0 aliphatic carbocycles. The molecular weight excluding hydrogens is 569 g/mol. The number of rotatable bonds is 11. The van der Waals surface area contributed by atoms with Crippen molar-refractivity contribution in [2.75, 3.05) is 6.61 Å². The van der Waals surface area contributed by atoms with E-state index in [9.17, 15) is 9.59 Å². The third-order valence-corrected chi connectivity index (χ3v) is 6.99. The number of H-pyrrole nitrogens is 1. The summed E-state index contributed by atoms with van der Waals surface area (Å²) in [5.74, 6) is -0.718. The number of amides is 1. The molecule has 11 nitrogen and oxygen atoms in total. The molecule has 0 spiro atoms. The van der Waals surface area contributed by atoms with Gasteiger partial charge in [0, 0.05) is 22.2 Å². The van der Waals surface area contributed by atoms with Crippen molar-refractivity contribution in [3.63, 3.8) is 0 Å². The van der Waals surface area contributed by atoms with Crippen molar-refractivity contribution in [2.45, 2.75) is 53.4 Å². The zero-order valence-electron chi connectivity index (χ0n) is 25.1. The summed E-state index contributed by atoms with van der Waals surface area (Å²) < 4.78 is 39.4. The Balaban J connectivity index is 1.21. The number of alkyl carbamates (subject to hydrolysis) is 1. The van der Waals surface area contributed by atoms with Crippen LogP contribution in [-0.4, -0.2) is 50.4 Å². The average molecular weight is 604 g/mol. The van der Waals surface area contributed by atoms with Gasteiger partial charge in [-0.2, -0.15) is 10.1 Å². The molecule has 0 aliphatic heterocycles. The smallest absolute Gasteiger partial charge is 0.408 e. The third kappa shape index (κ3) is 6.74. The van der Waals surface area contributed by atoms with Crippen molar-refractivity contribution in [3.05, 3.63) is 83.7 Å². The lowest BCUT2D eigenvalue weighted by Gasteiger charge is -2.23. The van der Waals surface area contributed by atoms with Crippen molar-refractivity contribution in [3.8, 4) is 17.4 Å². The summed E-state index contributed by atoms with van der Waals surface area (Å²) in [7, 11) is 0. The fourth-order valence-electron chi connectivity index (χ4n) is 4.70. The van der Waals surface area contributed by atoms with E-state index in [-0.39, 0.29) is 30.8 Å². The molecule has 2 aromatic carbocycles. The lowest BCUT2D eigenvalue weighted by molar-refractivity contribution is -0.153. The van der Waals surface area contributed by atoms with Gasteiger partial charge in [-0.25, -0.2) is 18.5 Å². The number of aryl methyl sites for hydroxylation is 2. The predicted molar refractivity (Wildman–Crippen MR) is 160 cm³/mol. The number of aromatic amines is 1. The summed E-state index contributed by atoms with van der Waals surface area (Å²) in [6.45, 7) is 9.03. The number of nitrogens with one attached hydrogen (secondary N) is 2. The molecule has 230 valence electrons. The van der Waals surface area contributed by atoms with Crippen molar-refractivity contribution in [2.24, 2.45) is 5.92 Å². The molecule has 0 radical (unpaired) electrons. The van der Waals surface area contributed by atoms with Gasteiger partial charge in [0.2, 0.25) is 5.88 Å². The highest BCUT2D eigenvalue weighted by Crippen LogP contribution is 2.34. The van der Waals surface area contributed by atoms with E-state index >= 15 is 4.39 Å². The minimum absolute atomic E-state index is 0.0223. The summed E-state index contributed by atoms with van der Waals surface area (Å²) in [6, 6.07) is 13.3. The maximum atomic E-state index is 15.2. The number of aromatic nitrogens is 4. The van der Waals surface area contributed by atoms with E-state index in [0.29, 0.717) is 27.7 Å². The minimum atomic E-state index is -0.913. The number of ether oxygens (including phenoxy) is 4. The van der Waals surface area contributed by atoms with Gasteiger partial charge < -0.3 is 29.2 Å². The Morgan fingerprint density at radius 2 is 1.84 bits per heavy atom. The average Bonchev–Trinajstić information content (AvgIpc) is 3.55. The summed E-state index contributed by atoms with van der Waals surface area (Å²) in [5.41, 5.74) is 3.48. The fourth-order valence-corrected chi connectivity index (χ4v) is 4.70. The zero-order chi connectivity index (χ0) is 31.4. The summed E-state index contributed by atoms with van der Waals surface area (Å²) in [6.07, 6.45) is 1.58. The molecule has 0 fully saturated rings. The second kappa shape index (κ2) is 13.0. The first kappa shape index (κ1) is 30.3. The third-order valence-electron chi connectivity index (χ3n) is 6.99. The van der Waals surface area contributed by atoms with Crippen molar-refractivity contribution in [1.82, 2.24) is 24.9 Å². The van der Waals surface area contributed by atoms with Gasteiger partial charge in [-0.15, -0.1) is 0 Å². The first-order chi connectivity index (χ1) is 21.1. The number of nitrogens with zero attached hydrogens (tertiary/aromatic N) is 3. The molecule has 5 rings (SSSR count). The highest BCUT2D eigenvalue weighted by Gasteiger charge is 2.28. The number of fused-ring (bicyclic) bond motifs is 2. The molecule has 0 saturated carbocycles. The minimum Gasteiger partial charge on any atom is -0.488 e. The normalized spacial score (nSPS) is 12.7. The highest BCUT2D eigenvalue weighted by atomic mass is 19.1. The molecular formula is C32H34FN5O6. The van der Waals surface area contributed by atoms with E-state index in [1.54, 1.807) is 52.1 Å². The Labute approximate surface area is 253 Å². The van der Waals surface area contributed by atoms with Gasteiger partial charge >= 0.3 is 12.1 Å². The van der Waals surface area contributed by atoms with E-state index < -0.39 is 30.0 Å². The summed E-state index contributed by atoms with van der Waals surface area (Å²) in [5, 5.41) is 7.25. The topological polar surface area (TPSA) is 129 Å². The molecule has 2 atom stereocenters. The second-order valence-electron chi connectivity index (χ2n) is 10.9. The molecule has 0 bridgehead atoms. The van der Waals surface area contributed by atoms with Gasteiger partial charge in [0.15, 0.2) is 11.6 Å². The van der Waals surface area contributed by atoms with Gasteiger partial charge in [-0.1, -0.05) is 44.2 Å². The van der Waals surface area contributed by atoms with Crippen molar-refractivity contribution in [1.29, 1.82) is 0 Å². The van der Waals surface area contributed by atoms with Crippen LogP contribution in [0.4, 0.5) is 9.18 Å². The lowest BCUT2D eigenvalue weighted by Crippen LogP contribution is -2.46. The van der Waals surface area contributed by atoms with Crippen molar-refractivity contribution < 1.29 is 32.9 Å². The number of benzene rings is 2. The highest BCUT2D eigenvalue weighted by molar-refractivity contribution is 5.83. The summed E-state index contributed by atoms with van der Waals surface area (Å²) in [4.78, 5) is 32.6. The molecule has 0 unspecified atom stereocenters. The van der Waals surface area contributed by atoms with Gasteiger partial charge in [0.25, 0.3) is 0 Å². The monoisotopic (exact) mass is 603 g/mol. The van der Waals surface area contributed by atoms with Crippen molar-refractivity contribution >= 4 is 28.5 Å². The van der Waals surface area contributed by atoms with Crippen LogP contribution in [-0.2, 0) is 20.9 Å². The molecule has 0 saturated heterocycles. The number of carbonyl (C=O) groups is 2. The molecule has 44 heavy (non-hydrogen) atoms. The predicted octanol–water partition coefficient (Wildman–Crippen LogP) is 6.02. The molecule has 3 aromatic heterocycles. The molecule has 1 amide bonds. The van der Waals surface area contributed by atoms with E-state index in [0.717, 1.165) is 11.3 Å². The standard InChI is InChI=1S/C32H34FN5O6/c1-18(2)28(37-32(40)42-16-22-9-7-6-8-10-22)31(39)43-20(4)15-41-26-14-38-29(21(26)5)30(34-17-35-38)44-25-12-11-24-23(27(25)33)13-19(3)36-24/h6-14,17-18,20,28,36H,15-16H2,1-5H3,(H,37,40)/t20-,28-/m1/s1. The lowest BCUT2D eigenvalue weighted by atomic mass is 10.1. The molecule has 12 heteroatoms. The SMILES string of the molecule is Cc1cc2c(F)c(Oc3ncnn4cc(OC[C@@H](C)OC(=O)[C@H](NC(=O)OCc5ccccc5)C(C)C)c(C)c34)ccc2[nH]1. The Morgan fingerprint density at radius 3 is 2.59 bits per heavy atom. The van der Waals surface area contributed by atoms with Crippen LogP contribution in [0, 0.1) is 25.6 Å². The largest absolute Gasteiger partial charge is 0.488 e. The van der Waals surface area contributed by atoms with Crippen LogP contribution in [0.5, 0.6) is 17.4 Å². The van der Waals surface area contributed by atoms with E-state index in [1.165, 1.54) is 10.8 Å². The maximum absolute atomic E-state index is 15.2. The zero-order valence-corrected chi connectivity index (χ0v) is 25.1. The van der Waals surface area contributed by atoms with Crippen LogP contribution in [0.25, 0.3) is 16.4 Å². The molecule has 3 heterocycles. The maximum Gasteiger partial charge on any atom is 0.408 e. The Kier molecular flexibility index (Phi) is 8.98. The Bertz CT molecular complexity index is 1780. The van der Waals surface area contributed by atoms with Gasteiger partial charge in [-0.3, -0.25) is 0 Å². The molecule has 0 aliphatic rings. The van der Waals surface area contributed by atoms with Crippen LogP contribution < -0.4 is 14.8 Å².